The zero-order valence-electron chi connectivity index (χ0n) is 17.5. The van der Waals surface area contributed by atoms with Crippen LogP contribution in [-0.4, -0.2) is 17.9 Å². The standard InChI is InChI=1S/C26H26N2O2/c1-26(2,3)17-14-12-16(13-15-17)25(30)28-23(24(27)29)22-20-10-6-4-8-18(20)19-9-5-7-11-21(19)22/h4-15,22-23H,1-3H3,(H2,27,29)(H,28,30)/t23-/m0/s1. The van der Waals surface area contributed by atoms with E-state index in [-0.39, 0.29) is 17.2 Å². The van der Waals surface area contributed by atoms with Gasteiger partial charge in [-0.2, -0.15) is 0 Å². The van der Waals surface area contributed by atoms with E-state index in [1.54, 1.807) is 12.1 Å². The summed E-state index contributed by atoms with van der Waals surface area (Å²) in [5, 5.41) is 2.90. The Morgan fingerprint density at radius 2 is 1.33 bits per heavy atom. The van der Waals surface area contributed by atoms with Crippen molar-refractivity contribution in [3.8, 4) is 11.1 Å². The molecule has 152 valence electrons. The van der Waals surface area contributed by atoms with Gasteiger partial charge >= 0.3 is 0 Å². The van der Waals surface area contributed by atoms with E-state index in [2.05, 4.69) is 26.1 Å². The van der Waals surface area contributed by atoms with E-state index in [1.165, 1.54) is 0 Å². The predicted octanol–water partition coefficient (Wildman–Crippen LogP) is 4.38. The maximum atomic E-state index is 13.0. The summed E-state index contributed by atoms with van der Waals surface area (Å²) in [6.45, 7) is 6.38. The Bertz CT molecular complexity index is 1060. The van der Waals surface area contributed by atoms with Crippen LogP contribution < -0.4 is 11.1 Å². The lowest BCUT2D eigenvalue weighted by molar-refractivity contribution is -0.120. The van der Waals surface area contributed by atoms with Gasteiger partial charge in [0.15, 0.2) is 0 Å². The maximum absolute atomic E-state index is 13.0. The Balaban J connectivity index is 1.67. The monoisotopic (exact) mass is 398 g/mol. The lowest BCUT2D eigenvalue weighted by Gasteiger charge is -2.24. The first-order valence-corrected chi connectivity index (χ1v) is 10.2. The highest BCUT2D eigenvalue weighted by atomic mass is 16.2. The molecule has 1 aliphatic rings. The molecule has 0 unspecified atom stereocenters. The van der Waals surface area contributed by atoms with Crippen molar-refractivity contribution in [1.82, 2.24) is 5.32 Å². The van der Waals surface area contributed by atoms with Gasteiger partial charge in [-0.15, -0.1) is 0 Å². The first-order chi connectivity index (χ1) is 14.3. The van der Waals surface area contributed by atoms with Gasteiger partial charge in [0, 0.05) is 11.5 Å². The highest BCUT2D eigenvalue weighted by molar-refractivity contribution is 5.98. The van der Waals surface area contributed by atoms with Crippen molar-refractivity contribution >= 4 is 11.8 Å². The van der Waals surface area contributed by atoms with Crippen molar-refractivity contribution in [2.75, 3.05) is 0 Å². The lowest BCUT2D eigenvalue weighted by Crippen LogP contribution is -2.48. The molecule has 0 saturated carbocycles. The van der Waals surface area contributed by atoms with Crippen molar-refractivity contribution in [1.29, 1.82) is 0 Å². The Kier molecular flexibility index (Phi) is 4.94. The van der Waals surface area contributed by atoms with Crippen LogP contribution in [-0.2, 0) is 10.2 Å². The van der Waals surface area contributed by atoms with Crippen LogP contribution in [0.1, 0.15) is 53.7 Å². The van der Waals surface area contributed by atoms with E-state index < -0.39 is 11.9 Å². The van der Waals surface area contributed by atoms with Gasteiger partial charge in [0.25, 0.3) is 5.91 Å². The molecule has 4 rings (SSSR count). The number of hydrogen-bond acceptors (Lipinski definition) is 2. The lowest BCUT2D eigenvalue weighted by atomic mass is 9.86. The van der Waals surface area contributed by atoms with Gasteiger partial charge in [-0.1, -0.05) is 81.4 Å². The summed E-state index contributed by atoms with van der Waals surface area (Å²) in [4.78, 5) is 25.4. The number of nitrogens with two attached hydrogens (primary N) is 1. The maximum Gasteiger partial charge on any atom is 0.251 e. The molecule has 0 heterocycles. The number of benzene rings is 3. The number of fused-ring (bicyclic) bond motifs is 3. The first-order valence-electron chi connectivity index (χ1n) is 10.2. The number of nitrogens with one attached hydrogen (secondary N) is 1. The minimum atomic E-state index is -0.843. The fourth-order valence-electron chi connectivity index (χ4n) is 4.22. The summed E-state index contributed by atoms with van der Waals surface area (Å²) >= 11 is 0. The first kappa shape index (κ1) is 19.9. The van der Waals surface area contributed by atoms with Crippen LogP contribution in [0.3, 0.4) is 0 Å². The molecule has 3 aromatic rings. The third-order valence-corrected chi connectivity index (χ3v) is 5.82. The predicted molar refractivity (Wildman–Crippen MR) is 119 cm³/mol. The van der Waals surface area contributed by atoms with Gasteiger partial charge in [-0.3, -0.25) is 9.59 Å². The van der Waals surface area contributed by atoms with Crippen LogP contribution in [0.15, 0.2) is 72.8 Å². The number of amides is 2. The van der Waals surface area contributed by atoms with Gasteiger partial charge in [-0.25, -0.2) is 0 Å². The number of carbonyl (C=O) groups is 2. The third-order valence-electron chi connectivity index (χ3n) is 5.82. The molecule has 0 bridgehead atoms. The normalized spacial score (nSPS) is 14.0. The molecule has 0 aromatic heterocycles. The summed E-state index contributed by atoms with van der Waals surface area (Å²) in [6.07, 6.45) is 0. The zero-order chi connectivity index (χ0) is 21.5. The molecular formula is C26H26N2O2. The summed E-state index contributed by atoms with van der Waals surface area (Å²) in [7, 11) is 0. The van der Waals surface area contributed by atoms with E-state index in [0.29, 0.717) is 5.56 Å². The van der Waals surface area contributed by atoms with Crippen LogP contribution >= 0.6 is 0 Å². The Hall–Kier alpha value is -3.40. The minimum Gasteiger partial charge on any atom is -0.368 e. The molecule has 4 nitrogen and oxygen atoms in total. The smallest absolute Gasteiger partial charge is 0.251 e. The Labute approximate surface area is 177 Å². The molecule has 0 aliphatic heterocycles. The van der Waals surface area contributed by atoms with Gasteiger partial charge in [0.1, 0.15) is 6.04 Å². The molecule has 4 heteroatoms. The summed E-state index contributed by atoms with van der Waals surface area (Å²) in [5.41, 5.74) is 11.6. The molecule has 3 aromatic carbocycles. The molecule has 0 saturated heterocycles. The quantitative estimate of drug-likeness (QED) is 0.685. The van der Waals surface area contributed by atoms with E-state index in [0.717, 1.165) is 27.8 Å². The SMILES string of the molecule is CC(C)(C)c1ccc(C(=O)N[C@H](C(N)=O)C2c3ccccc3-c3ccccc32)cc1. The van der Waals surface area contributed by atoms with Gasteiger partial charge in [0.05, 0.1) is 0 Å². The number of hydrogen-bond donors (Lipinski definition) is 2. The second kappa shape index (κ2) is 7.45. The van der Waals surface area contributed by atoms with Crippen molar-refractivity contribution in [2.24, 2.45) is 5.73 Å². The molecule has 0 radical (unpaired) electrons. The van der Waals surface area contributed by atoms with Gasteiger partial charge in [-0.05, 0) is 45.4 Å². The summed E-state index contributed by atoms with van der Waals surface area (Å²) < 4.78 is 0. The van der Waals surface area contributed by atoms with Crippen molar-refractivity contribution in [2.45, 2.75) is 38.1 Å². The van der Waals surface area contributed by atoms with Crippen LogP contribution in [0.5, 0.6) is 0 Å². The van der Waals surface area contributed by atoms with Crippen LogP contribution in [0.25, 0.3) is 11.1 Å². The second-order valence-electron chi connectivity index (χ2n) is 8.83. The van der Waals surface area contributed by atoms with Gasteiger partial charge in [0.2, 0.25) is 5.91 Å². The summed E-state index contributed by atoms with van der Waals surface area (Å²) in [6, 6.07) is 22.6. The van der Waals surface area contributed by atoms with Gasteiger partial charge < -0.3 is 11.1 Å². The average Bonchev–Trinajstić information content (AvgIpc) is 3.05. The van der Waals surface area contributed by atoms with Crippen LogP contribution in [0.4, 0.5) is 0 Å². The zero-order valence-corrected chi connectivity index (χ0v) is 17.5. The van der Waals surface area contributed by atoms with E-state index >= 15 is 0 Å². The van der Waals surface area contributed by atoms with Crippen LogP contribution in [0, 0.1) is 0 Å². The Morgan fingerprint density at radius 3 is 1.80 bits per heavy atom. The molecule has 0 fully saturated rings. The number of carbonyl (C=O) groups excluding carboxylic acids is 2. The number of primary amides is 1. The van der Waals surface area contributed by atoms with Crippen molar-refractivity contribution in [3.63, 3.8) is 0 Å². The second-order valence-corrected chi connectivity index (χ2v) is 8.83. The topological polar surface area (TPSA) is 72.2 Å². The highest BCUT2D eigenvalue weighted by Gasteiger charge is 2.38. The van der Waals surface area contributed by atoms with E-state index in [9.17, 15) is 9.59 Å². The Morgan fingerprint density at radius 1 is 0.833 bits per heavy atom. The van der Waals surface area contributed by atoms with Crippen molar-refractivity contribution < 1.29 is 9.59 Å². The fraction of sp³-hybridized carbons (Fsp3) is 0.231. The van der Waals surface area contributed by atoms with Crippen molar-refractivity contribution in [3.05, 3.63) is 95.1 Å². The largest absolute Gasteiger partial charge is 0.368 e. The molecule has 2 amide bonds. The summed E-state index contributed by atoms with van der Waals surface area (Å²) in [5.74, 6) is -1.17. The molecule has 1 aliphatic carbocycles. The third kappa shape index (κ3) is 3.50. The van der Waals surface area contributed by atoms with E-state index in [4.69, 9.17) is 5.73 Å². The van der Waals surface area contributed by atoms with Crippen LogP contribution in [0.2, 0.25) is 0 Å². The highest BCUT2D eigenvalue weighted by Crippen LogP contribution is 2.46. The molecule has 30 heavy (non-hydrogen) atoms. The van der Waals surface area contributed by atoms with E-state index in [1.807, 2.05) is 60.7 Å². The molecule has 0 spiro atoms. The molecular weight excluding hydrogens is 372 g/mol. The number of rotatable bonds is 4. The molecule has 3 N–H and O–H groups in total. The average molecular weight is 399 g/mol. The fourth-order valence-corrected chi connectivity index (χ4v) is 4.22. The minimum absolute atomic E-state index is 0.00202. The molecule has 1 atom stereocenters.